The van der Waals surface area contributed by atoms with Gasteiger partial charge in [0.15, 0.2) is 0 Å². The van der Waals surface area contributed by atoms with Crippen LogP contribution in [0.4, 0.5) is 5.69 Å². The monoisotopic (exact) mass is 423 g/mol. The molecule has 0 atom stereocenters. The summed E-state index contributed by atoms with van der Waals surface area (Å²) < 4.78 is 11.6. The first-order valence-corrected chi connectivity index (χ1v) is 10.4. The highest BCUT2D eigenvalue weighted by atomic mass is 35.5. The van der Waals surface area contributed by atoms with Crippen molar-refractivity contribution < 1.29 is 14.3 Å². The van der Waals surface area contributed by atoms with E-state index in [1.165, 1.54) is 0 Å². The van der Waals surface area contributed by atoms with Crippen molar-refractivity contribution in [3.63, 3.8) is 0 Å². The molecule has 1 amide bonds. The van der Waals surface area contributed by atoms with Crippen molar-refractivity contribution in [3.8, 4) is 11.5 Å². The van der Waals surface area contributed by atoms with Crippen molar-refractivity contribution in [3.05, 3.63) is 88.4 Å². The third-order valence-electron chi connectivity index (χ3n) is 4.71. The van der Waals surface area contributed by atoms with Crippen LogP contribution in [-0.4, -0.2) is 19.1 Å². The third kappa shape index (κ3) is 6.26. The van der Waals surface area contributed by atoms with Gasteiger partial charge < -0.3 is 14.8 Å². The minimum Gasteiger partial charge on any atom is -0.494 e. The average molecular weight is 424 g/mol. The predicted octanol–water partition coefficient (Wildman–Crippen LogP) is 6.45. The second-order valence-corrected chi connectivity index (χ2v) is 7.54. The Balaban J connectivity index is 1.40. The van der Waals surface area contributed by atoms with Gasteiger partial charge >= 0.3 is 0 Å². The zero-order valence-electron chi connectivity index (χ0n) is 17.3. The third-order valence-corrected chi connectivity index (χ3v) is 4.95. The van der Waals surface area contributed by atoms with Crippen LogP contribution in [0.25, 0.3) is 0 Å². The van der Waals surface area contributed by atoms with Gasteiger partial charge in [-0.1, -0.05) is 29.8 Å². The van der Waals surface area contributed by atoms with Crippen LogP contribution in [0.3, 0.4) is 0 Å². The van der Waals surface area contributed by atoms with Crippen LogP contribution in [0.1, 0.15) is 34.3 Å². The summed E-state index contributed by atoms with van der Waals surface area (Å²) in [5, 5.41) is 3.55. The fraction of sp³-hybridized carbons (Fsp3) is 0.240. The molecule has 0 saturated carbocycles. The highest BCUT2D eigenvalue weighted by Crippen LogP contribution is 2.21. The first kappa shape index (κ1) is 21.7. The summed E-state index contributed by atoms with van der Waals surface area (Å²) in [4.78, 5) is 12.4. The summed E-state index contributed by atoms with van der Waals surface area (Å²) in [7, 11) is 0. The minimum atomic E-state index is -0.166. The first-order valence-electron chi connectivity index (χ1n) is 10.0. The lowest BCUT2D eigenvalue weighted by Gasteiger charge is -2.10. The quantitative estimate of drug-likeness (QED) is 0.402. The van der Waals surface area contributed by atoms with Crippen LogP contribution < -0.4 is 14.8 Å². The fourth-order valence-electron chi connectivity index (χ4n) is 2.96. The van der Waals surface area contributed by atoms with E-state index in [1.54, 1.807) is 24.3 Å². The van der Waals surface area contributed by atoms with Crippen LogP contribution in [-0.2, 0) is 0 Å². The van der Waals surface area contributed by atoms with E-state index in [2.05, 4.69) is 5.32 Å². The Bertz CT molecular complexity index is 986. The number of carbonyl (C=O) groups excluding carboxylic acids is 1. The molecule has 0 aliphatic rings. The fourth-order valence-corrected chi connectivity index (χ4v) is 3.19. The highest BCUT2D eigenvalue weighted by molar-refractivity contribution is 6.30. The Hall–Kier alpha value is -2.98. The molecule has 4 nitrogen and oxygen atoms in total. The maximum atomic E-state index is 12.4. The number of hydrogen-bond donors (Lipinski definition) is 1. The summed E-state index contributed by atoms with van der Waals surface area (Å²) in [6, 6.07) is 20.5. The number of halogens is 1. The molecule has 0 bridgehead atoms. The molecule has 0 fully saturated rings. The number of amides is 1. The van der Waals surface area contributed by atoms with Crippen molar-refractivity contribution in [1.29, 1.82) is 0 Å². The molecular weight excluding hydrogens is 398 g/mol. The van der Waals surface area contributed by atoms with Gasteiger partial charge in [0.25, 0.3) is 5.91 Å². The molecule has 0 spiro atoms. The van der Waals surface area contributed by atoms with Gasteiger partial charge in [0.05, 0.1) is 13.2 Å². The highest BCUT2D eigenvalue weighted by Gasteiger charge is 2.08. The molecular formula is C25H26ClNO3. The lowest BCUT2D eigenvalue weighted by molar-refractivity contribution is 0.102. The van der Waals surface area contributed by atoms with Gasteiger partial charge in [0.2, 0.25) is 0 Å². The normalized spacial score (nSPS) is 10.5. The summed E-state index contributed by atoms with van der Waals surface area (Å²) in [6.45, 7) is 5.22. The second kappa shape index (κ2) is 10.7. The molecule has 3 aromatic rings. The molecule has 0 aromatic heterocycles. The first-order chi connectivity index (χ1) is 14.5. The van der Waals surface area contributed by atoms with E-state index < -0.39 is 0 Å². The standard InChI is InChI=1S/C25H26ClNO3/c1-18-7-3-4-8-24(18)30-16-6-5-15-29-22-12-9-20(10-13-22)25(28)27-23-14-11-21(26)17-19(23)2/h3-4,7-14,17H,5-6,15-16H2,1-2H3,(H,27,28). The summed E-state index contributed by atoms with van der Waals surface area (Å²) in [6.07, 6.45) is 1.80. The lowest BCUT2D eigenvalue weighted by atomic mass is 10.1. The number of nitrogens with one attached hydrogen (secondary N) is 1. The number of ether oxygens (including phenoxy) is 2. The number of carbonyl (C=O) groups is 1. The van der Waals surface area contributed by atoms with Gasteiger partial charge in [0, 0.05) is 16.3 Å². The van der Waals surface area contributed by atoms with Crippen LogP contribution in [0.15, 0.2) is 66.7 Å². The topological polar surface area (TPSA) is 47.6 Å². The summed E-state index contributed by atoms with van der Waals surface area (Å²) in [5.41, 5.74) is 3.38. The number of aryl methyl sites for hydroxylation is 2. The van der Waals surface area contributed by atoms with Crippen molar-refractivity contribution >= 4 is 23.2 Å². The van der Waals surface area contributed by atoms with E-state index in [9.17, 15) is 4.79 Å². The number of unbranched alkanes of at least 4 members (excludes halogenated alkanes) is 1. The average Bonchev–Trinajstić information content (AvgIpc) is 2.74. The van der Waals surface area contributed by atoms with E-state index >= 15 is 0 Å². The molecule has 1 N–H and O–H groups in total. The van der Waals surface area contributed by atoms with Gasteiger partial charge in [0.1, 0.15) is 11.5 Å². The SMILES string of the molecule is Cc1cc(Cl)ccc1NC(=O)c1ccc(OCCCCOc2ccccc2C)cc1. The van der Waals surface area contributed by atoms with Crippen LogP contribution in [0, 0.1) is 13.8 Å². The lowest BCUT2D eigenvalue weighted by Crippen LogP contribution is -2.12. The van der Waals surface area contributed by atoms with E-state index in [-0.39, 0.29) is 5.91 Å². The zero-order valence-corrected chi connectivity index (χ0v) is 18.0. The largest absolute Gasteiger partial charge is 0.494 e. The number of rotatable bonds is 9. The molecule has 0 unspecified atom stereocenters. The Morgan fingerprint density at radius 1 is 0.867 bits per heavy atom. The molecule has 0 heterocycles. The molecule has 3 aromatic carbocycles. The Morgan fingerprint density at radius 3 is 2.27 bits per heavy atom. The smallest absolute Gasteiger partial charge is 0.255 e. The minimum absolute atomic E-state index is 0.166. The van der Waals surface area contributed by atoms with Crippen molar-refractivity contribution in [2.75, 3.05) is 18.5 Å². The van der Waals surface area contributed by atoms with Crippen LogP contribution in [0.5, 0.6) is 11.5 Å². The molecule has 30 heavy (non-hydrogen) atoms. The van der Waals surface area contributed by atoms with Gasteiger partial charge in [-0.2, -0.15) is 0 Å². The number of para-hydroxylation sites is 1. The van der Waals surface area contributed by atoms with E-state index in [0.29, 0.717) is 23.8 Å². The number of hydrogen-bond acceptors (Lipinski definition) is 3. The van der Waals surface area contributed by atoms with E-state index in [1.807, 2.05) is 56.3 Å². The van der Waals surface area contributed by atoms with Gasteiger partial charge in [-0.25, -0.2) is 0 Å². The molecule has 5 heteroatoms. The molecule has 0 radical (unpaired) electrons. The molecule has 0 aliphatic carbocycles. The van der Waals surface area contributed by atoms with E-state index in [4.69, 9.17) is 21.1 Å². The number of anilines is 1. The molecule has 0 aliphatic heterocycles. The van der Waals surface area contributed by atoms with Crippen molar-refractivity contribution in [2.24, 2.45) is 0 Å². The zero-order chi connectivity index (χ0) is 21.3. The van der Waals surface area contributed by atoms with Gasteiger partial charge in [-0.05, 0) is 86.3 Å². The predicted molar refractivity (Wildman–Crippen MR) is 122 cm³/mol. The van der Waals surface area contributed by atoms with Crippen LogP contribution in [0.2, 0.25) is 5.02 Å². The van der Waals surface area contributed by atoms with Crippen molar-refractivity contribution in [1.82, 2.24) is 0 Å². The summed E-state index contributed by atoms with van der Waals surface area (Å²) in [5.74, 6) is 1.51. The maximum Gasteiger partial charge on any atom is 0.255 e. The van der Waals surface area contributed by atoms with Crippen molar-refractivity contribution in [2.45, 2.75) is 26.7 Å². The van der Waals surface area contributed by atoms with Gasteiger partial charge in [-0.3, -0.25) is 4.79 Å². The Labute approximate surface area is 182 Å². The Kier molecular flexibility index (Phi) is 7.75. The summed E-state index contributed by atoms with van der Waals surface area (Å²) >= 11 is 5.96. The molecule has 3 rings (SSSR count). The second-order valence-electron chi connectivity index (χ2n) is 7.11. The van der Waals surface area contributed by atoms with Crippen LogP contribution >= 0.6 is 11.6 Å². The van der Waals surface area contributed by atoms with E-state index in [0.717, 1.165) is 41.2 Å². The number of benzene rings is 3. The molecule has 156 valence electrons. The molecule has 0 saturated heterocycles. The maximum absolute atomic E-state index is 12.4. The Morgan fingerprint density at radius 2 is 1.57 bits per heavy atom. The van der Waals surface area contributed by atoms with Gasteiger partial charge in [-0.15, -0.1) is 0 Å².